The molecule has 20 heavy (non-hydrogen) atoms. The molecule has 0 aliphatic rings. The molecule has 0 atom stereocenters. The van der Waals surface area contributed by atoms with Crippen molar-refractivity contribution in [3.05, 3.63) is 54.0 Å². The summed E-state index contributed by atoms with van der Waals surface area (Å²) in [5.74, 6) is -0.0344. The molecule has 104 valence electrons. The highest BCUT2D eigenvalue weighted by atomic mass is 16.3. The van der Waals surface area contributed by atoms with Crippen molar-refractivity contribution in [1.82, 2.24) is 4.90 Å². The summed E-state index contributed by atoms with van der Waals surface area (Å²) < 4.78 is 4.96. The van der Waals surface area contributed by atoms with Crippen molar-refractivity contribution in [2.75, 3.05) is 12.4 Å². The minimum absolute atomic E-state index is 0.0344. The fourth-order valence-corrected chi connectivity index (χ4v) is 1.76. The SMILES string of the molecule is CC(=O)c1cccc(NC(=O)N(C)Cc2ccoc2)c1. The van der Waals surface area contributed by atoms with E-state index in [9.17, 15) is 9.59 Å². The lowest BCUT2D eigenvalue weighted by Gasteiger charge is -2.17. The number of ketones is 1. The molecule has 0 aliphatic carbocycles. The van der Waals surface area contributed by atoms with E-state index in [2.05, 4.69) is 5.32 Å². The zero-order chi connectivity index (χ0) is 14.5. The van der Waals surface area contributed by atoms with Crippen LogP contribution in [0.15, 0.2) is 47.3 Å². The van der Waals surface area contributed by atoms with Gasteiger partial charge in [-0.25, -0.2) is 4.79 Å². The van der Waals surface area contributed by atoms with Gasteiger partial charge in [-0.3, -0.25) is 4.79 Å². The number of nitrogens with zero attached hydrogens (tertiary/aromatic N) is 1. The Balaban J connectivity index is 2.00. The van der Waals surface area contributed by atoms with Crippen molar-refractivity contribution in [1.29, 1.82) is 0 Å². The van der Waals surface area contributed by atoms with E-state index in [0.717, 1.165) is 5.56 Å². The lowest BCUT2D eigenvalue weighted by Crippen LogP contribution is -2.30. The van der Waals surface area contributed by atoms with Crippen LogP contribution in [0.1, 0.15) is 22.8 Å². The molecule has 1 aromatic carbocycles. The van der Waals surface area contributed by atoms with Crippen LogP contribution in [0, 0.1) is 0 Å². The Morgan fingerprint density at radius 1 is 1.30 bits per heavy atom. The summed E-state index contributed by atoms with van der Waals surface area (Å²) in [6, 6.07) is 8.42. The molecule has 2 aromatic rings. The van der Waals surface area contributed by atoms with Crippen LogP contribution in [-0.4, -0.2) is 23.8 Å². The predicted molar refractivity (Wildman–Crippen MR) is 75.6 cm³/mol. The van der Waals surface area contributed by atoms with Crippen LogP contribution in [0.3, 0.4) is 0 Å². The molecule has 0 spiro atoms. The molecule has 0 fully saturated rings. The largest absolute Gasteiger partial charge is 0.472 e. The summed E-state index contributed by atoms with van der Waals surface area (Å²) in [4.78, 5) is 24.8. The van der Waals surface area contributed by atoms with Crippen molar-refractivity contribution in [2.45, 2.75) is 13.5 Å². The fourth-order valence-electron chi connectivity index (χ4n) is 1.76. The maximum absolute atomic E-state index is 12.0. The number of hydrogen-bond donors (Lipinski definition) is 1. The molecule has 0 saturated heterocycles. The maximum Gasteiger partial charge on any atom is 0.321 e. The first-order valence-corrected chi connectivity index (χ1v) is 6.20. The van der Waals surface area contributed by atoms with Gasteiger partial charge < -0.3 is 14.6 Å². The van der Waals surface area contributed by atoms with Crippen LogP contribution < -0.4 is 5.32 Å². The Kier molecular flexibility index (Phi) is 4.20. The lowest BCUT2D eigenvalue weighted by molar-refractivity contribution is 0.101. The minimum Gasteiger partial charge on any atom is -0.472 e. The number of Topliss-reactive ketones (excluding diaryl/α,β-unsaturated/α-hetero) is 1. The van der Waals surface area contributed by atoms with Crippen LogP contribution in [-0.2, 0) is 6.54 Å². The summed E-state index contributed by atoms with van der Waals surface area (Å²) in [7, 11) is 1.69. The molecule has 1 aromatic heterocycles. The van der Waals surface area contributed by atoms with Gasteiger partial charge in [-0.1, -0.05) is 12.1 Å². The molecular formula is C15H16N2O3. The highest BCUT2D eigenvalue weighted by Gasteiger charge is 2.10. The first kappa shape index (κ1) is 13.9. The van der Waals surface area contributed by atoms with Crippen LogP contribution in [0.5, 0.6) is 0 Å². The van der Waals surface area contributed by atoms with E-state index in [1.165, 1.54) is 11.8 Å². The third-order valence-electron chi connectivity index (χ3n) is 2.87. The van der Waals surface area contributed by atoms with Crippen molar-refractivity contribution in [3.63, 3.8) is 0 Å². The van der Waals surface area contributed by atoms with Gasteiger partial charge in [0.25, 0.3) is 0 Å². The minimum atomic E-state index is -0.244. The summed E-state index contributed by atoms with van der Waals surface area (Å²) in [6.45, 7) is 1.95. The number of anilines is 1. The monoisotopic (exact) mass is 272 g/mol. The zero-order valence-corrected chi connectivity index (χ0v) is 11.4. The topological polar surface area (TPSA) is 62.6 Å². The maximum atomic E-state index is 12.0. The van der Waals surface area contributed by atoms with E-state index in [-0.39, 0.29) is 11.8 Å². The van der Waals surface area contributed by atoms with E-state index in [1.807, 2.05) is 0 Å². The second-order valence-electron chi connectivity index (χ2n) is 4.55. The van der Waals surface area contributed by atoms with Gasteiger partial charge in [0.15, 0.2) is 5.78 Å². The number of carbonyl (C=O) groups is 2. The Morgan fingerprint density at radius 2 is 2.10 bits per heavy atom. The van der Waals surface area contributed by atoms with Gasteiger partial charge in [0.1, 0.15) is 0 Å². The van der Waals surface area contributed by atoms with E-state index < -0.39 is 0 Å². The molecule has 2 amide bonds. The van der Waals surface area contributed by atoms with Gasteiger partial charge in [-0.05, 0) is 25.1 Å². The molecule has 0 bridgehead atoms. The predicted octanol–water partition coefficient (Wildman–Crippen LogP) is 3.15. The van der Waals surface area contributed by atoms with Crippen molar-refractivity contribution in [3.8, 4) is 0 Å². The second-order valence-corrected chi connectivity index (χ2v) is 4.55. The molecule has 5 nitrogen and oxygen atoms in total. The summed E-state index contributed by atoms with van der Waals surface area (Å²) in [5, 5.41) is 2.75. The van der Waals surface area contributed by atoms with Crippen LogP contribution in [0.2, 0.25) is 0 Å². The summed E-state index contributed by atoms with van der Waals surface area (Å²) in [5.41, 5.74) is 2.09. The van der Waals surface area contributed by atoms with Crippen molar-refractivity contribution in [2.24, 2.45) is 0 Å². The molecule has 0 saturated carbocycles. The normalized spacial score (nSPS) is 10.1. The van der Waals surface area contributed by atoms with Crippen LogP contribution >= 0.6 is 0 Å². The van der Waals surface area contributed by atoms with Gasteiger partial charge in [-0.2, -0.15) is 0 Å². The van der Waals surface area contributed by atoms with Gasteiger partial charge in [0.2, 0.25) is 0 Å². The Labute approximate surface area is 117 Å². The quantitative estimate of drug-likeness (QED) is 0.870. The standard InChI is InChI=1S/C15H16N2O3/c1-11(18)13-4-3-5-14(8-13)16-15(19)17(2)9-12-6-7-20-10-12/h3-8,10H,9H2,1-2H3,(H,16,19). The fraction of sp³-hybridized carbons (Fsp3) is 0.200. The average molecular weight is 272 g/mol. The van der Waals surface area contributed by atoms with Gasteiger partial charge >= 0.3 is 6.03 Å². The Bertz CT molecular complexity index is 605. The van der Waals surface area contributed by atoms with Gasteiger partial charge in [-0.15, -0.1) is 0 Å². The van der Waals surface area contributed by atoms with Gasteiger partial charge in [0.05, 0.1) is 19.1 Å². The molecule has 1 N–H and O–H groups in total. The Morgan fingerprint density at radius 3 is 2.75 bits per heavy atom. The first-order valence-electron chi connectivity index (χ1n) is 6.20. The molecule has 0 aliphatic heterocycles. The van der Waals surface area contributed by atoms with Crippen LogP contribution in [0.25, 0.3) is 0 Å². The third kappa shape index (κ3) is 3.47. The lowest BCUT2D eigenvalue weighted by atomic mass is 10.1. The third-order valence-corrected chi connectivity index (χ3v) is 2.87. The van der Waals surface area contributed by atoms with Crippen LogP contribution in [0.4, 0.5) is 10.5 Å². The summed E-state index contributed by atoms with van der Waals surface area (Å²) >= 11 is 0. The molecular weight excluding hydrogens is 256 g/mol. The molecule has 1 heterocycles. The number of furan rings is 1. The van der Waals surface area contributed by atoms with Crippen molar-refractivity contribution < 1.29 is 14.0 Å². The average Bonchev–Trinajstić information content (AvgIpc) is 2.91. The zero-order valence-electron chi connectivity index (χ0n) is 11.4. The number of urea groups is 1. The highest BCUT2D eigenvalue weighted by molar-refractivity contribution is 5.96. The highest BCUT2D eigenvalue weighted by Crippen LogP contribution is 2.12. The molecule has 2 rings (SSSR count). The number of rotatable bonds is 4. The van der Waals surface area contributed by atoms with Crippen molar-refractivity contribution >= 4 is 17.5 Å². The smallest absolute Gasteiger partial charge is 0.321 e. The summed E-state index contributed by atoms with van der Waals surface area (Å²) in [6.07, 6.45) is 3.16. The first-order chi connectivity index (χ1) is 9.56. The number of carbonyl (C=O) groups excluding carboxylic acids is 2. The molecule has 0 radical (unpaired) electrons. The number of amides is 2. The number of benzene rings is 1. The number of nitrogens with one attached hydrogen (secondary N) is 1. The number of hydrogen-bond acceptors (Lipinski definition) is 3. The molecule has 0 unspecified atom stereocenters. The van der Waals surface area contributed by atoms with E-state index in [0.29, 0.717) is 17.8 Å². The van der Waals surface area contributed by atoms with Gasteiger partial charge in [0, 0.05) is 23.9 Å². The van der Waals surface area contributed by atoms with E-state index >= 15 is 0 Å². The Hall–Kier alpha value is -2.56. The van der Waals surface area contributed by atoms with E-state index in [4.69, 9.17) is 4.42 Å². The second kappa shape index (κ2) is 6.06. The van der Waals surface area contributed by atoms with E-state index in [1.54, 1.807) is 49.9 Å². The molecule has 5 heteroatoms.